The summed E-state index contributed by atoms with van der Waals surface area (Å²) in [6.45, 7) is -5.03. The summed E-state index contributed by atoms with van der Waals surface area (Å²) in [5.74, 6) is 0.369. The van der Waals surface area contributed by atoms with Crippen molar-refractivity contribution in [3.8, 4) is 11.6 Å². The maximum atomic E-state index is 9.85. The number of rotatable bonds is 7. The second-order valence-electron chi connectivity index (χ2n) is 5.50. The number of halogens is 1. The number of ether oxygens (including phenoxy) is 1. The Balaban J connectivity index is 0.00000341. The van der Waals surface area contributed by atoms with Crippen molar-refractivity contribution in [2.45, 2.75) is 13.0 Å². The molecule has 3 rings (SSSR count). The van der Waals surface area contributed by atoms with Gasteiger partial charge in [0.2, 0.25) is 5.88 Å². The van der Waals surface area contributed by atoms with E-state index < -0.39 is 14.0 Å². The third kappa shape index (κ3) is 4.87. The third-order valence-electron chi connectivity index (χ3n) is 3.64. The fraction of sp³-hybridized carbons (Fsp3) is 0.316. The van der Waals surface area contributed by atoms with Gasteiger partial charge in [0.1, 0.15) is 5.75 Å². The molecule has 0 aliphatic heterocycles. The highest BCUT2D eigenvalue weighted by atomic mass is 35.5. The summed E-state index contributed by atoms with van der Waals surface area (Å²) in [4.78, 5) is 0.501. The van der Waals surface area contributed by atoms with Crippen molar-refractivity contribution in [1.82, 2.24) is 14.7 Å². The van der Waals surface area contributed by atoms with Gasteiger partial charge in [0.15, 0.2) is 0 Å². The number of aromatic nitrogens is 2. The van der Waals surface area contributed by atoms with Crippen LogP contribution in [0.3, 0.4) is 0 Å². The average molecular weight is 368 g/mol. The highest BCUT2D eigenvalue weighted by Crippen LogP contribution is 2.29. The van der Waals surface area contributed by atoms with Gasteiger partial charge in [-0.1, -0.05) is 30.3 Å². The van der Waals surface area contributed by atoms with Crippen LogP contribution in [0.4, 0.5) is 0 Å². The molecule has 2 aromatic carbocycles. The summed E-state index contributed by atoms with van der Waals surface area (Å²) in [7, 11) is 0. The minimum absolute atomic E-state index is 0. The smallest absolute Gasteiger partial charge is 0.240 e. The minimum Gasteiger partial charge on any atom is -0.508 e. The molecule has 134 valence electrons. The van der Waals surface area contributed by atoms with E-state index in [0.717, 1.165) is 11.1 Å². The van der Waals surface area contributed by atoms with E-state index in [0.29, 0.717) is 22.7 Å². The Morgan fingerprint density at radius 1 is 1.20 bits per heavy atom. The Morgan fingerprint density at radius 2 is 2.00 bits per heavy atom. The van der Waals surface area contributed by atoms with Crippen LogP contribution in [0.2, 0.25) is 0 Å². The molecular weight excluding hydrogens is 338 g/mol. The first kappa shape index (κ1) is 12.2. The Bertz CT molecular complexity index is 978. The molecule has 0 atom stereocenters. The van der Waals surface area contributed by atoms with E-state index in [1.807, 2.05) is 30.3 Å². The molecule has 0 aliphatic rings. The van der Waals surface area contributed by atoms with E-state index in [9.17, 15) is 5.11 Å². The second kappa shape index (κ2) is 8.74. The molecule has 0 aliphatic carbocycles. The van der Waals surface area contributed by atoms with Gasteiger partial charge in [0.05, 0.1) is 24.1 Å². The number of benzene rings is 2. The predicted molar refractivity (Wildman–Crippen MR) is 103 cm³/mol. The molecule has 3 aromatic rings. The van der Waals surface area contributed by atoms with Gasteiger partial charge in [-0.3, -0.25) is 4.68 Å². The van der Waals surface area contributed by atoms with Crippen molar-refractivity contribution in [3.05, 3.63) is 54.1 Å². The number of hydrogen-bond acceptors (Lipinski definition) is 4. The topological polar surface area (TPSA) is 50.5 Å². The summed E-state index contributed by atoms with van der Waals surface area (Å²) < 4.78 is 51.9. The predicted octanol–water partition coefficient (Wildman–Crippen LogP) is 3.54. The number of phenols is 1. The number of hydrogen-bond donors (Lipinski definition) is 1. The lowest BCUT2D eigenvalue weighted by Gasteiger charge is -2.09. The van der Waals surface area contributed by atoms with Crippen molar-refractivity contribution < 1.29 is 18.1 Å². The summed E-state index contributed by atoms with van der Waals surface area (Å²) >= 11 is 0. The molecule has 0 amide bonds. The highest BCUT2D eigenvalue weighted by molar-refractivity contribution is 5.86. The third-order valence-corrected chi connectivity index (χ3v) is 3.64. The van der Waals surface area contributed by atoms with Gasteiger partial charge in [-0.25, -0.2) is 0 Å². The maximum Gasteiger partial charge on any atom is 0.240 e. The van der Waals surface area contributed by atoms with Gasteiger partial charge in [0.25, 0.3) is 0 Å². The molecule has 0 fully saturated rings. The number of phenolic OH excluding ortho intramolecular Hbond substituents is 1. The lowest BCUT2D eigenvalue weighted by Crippen LogP contribution is -2.15. The maximum absolute atomic E-state index is 9.85. The van der Waals surface area contributed by atoms with Crippen LogP contribution >= 0.6 is 12.4 Å². The first-order chi connectivity index (χ1) is 14.1. The Hall–Kier alpha value is -2.24. The molecular formula is C19H24ClN3O2. The van der Waals surface area contributed by atoms with Crippen LogP contribution in [0, 0.1) is 0 Å². The van der Waals surface area contributed by atoms with Crippen LogP contribution in [0.25, 0.3) is 10.9 Å². The first-order valence-corrected chi connectivity index (χ1v) is 7.70. The SMILES string of the molecule is Cl.[2H]C([2H])([2H])N(CCCOc1nn(Cc2ccccc2)c2ccc(O)cc12)C([2H])([2H])[2H]. The molecule has 6 heteroatoms. The van der Waals surface area contributed by atoms with E-state index in [1.165, 1.54) is 0 Å². The normalized spacial score (nSPS) is 15.4. The zero-order valence-corrected chi connectivity index (χ0v) is 14.4. The Labute approximate surface area is 162 Å². The monoisotopic (exact) mass is 367 g/mol. The molecule has 0 spiro atoms. The molecule has 0 unspecified atom stereocenters. The van der Waals surface area contributed by atoms with Crippen molar-refractivity contribution in [2.75, 3.05) is 27.1 Å². The Kier molecular flexibility index (Phi) is 4.25. The molecule has 5 nitrogen and oxygen atoms in total. The van der Waals surface area contributed by atoms with Crippen LogP contribution in [-0.2, 0) is 6.54 Å². The lowest BCUT2D eigenvalue weighted by atomic mass is 10.2. The van der Waals surface area contributed by atoms with Gasteiger partial charge in [-0.2, -0.15) is 0 Å². The van der Waals surface area contributed by atoms with Crippen molar-refractivity contribution in [3.63, 3.8) is 0 Å². The van der Waals surface area contributed by atoms with Crippen LogP contribution in [0.5, 0.6) is 11.6 Å². The van der Waals surface area contributed by atoms with Gasteiger partial charge >= 0.3 is 0 Å². The molecule has 1 N–H and O–H groups in total. The molecule has 1 aromatic heterocycles. The first-order valence-electron chi connectivity index (χ1n) is 10.7. The van der Waals surface area contributed by atoms with E-state index in [2.05, 4.69) is 5.10 Å². The zero-order valence-electron chi connectivity index (χ0n) is 19.6. The van der Waals surface area contributed by atoms with Crippen LogP contribution in [0.1, 0.15) is 20.2 Å². The fourth-order valence-corrected chi connectivity index (χ4v) is 2.51. The van der Waals surface area contributed by atoms with E-state index in [4.69, 9.17) is 13.0 Å². The standard InChI is InChI=1S/C19H23N3O2.ClH/c1-21(2)11-6-12-24-19-17-13-16(23)9-10-18(17)22(20-19)14-15-7-4-3-5-8-15;/h3-5,7-10,13,23H,6,11-12,14H2,1-2H3;1H/i1D3,2D3;. The minimum atomic E-state index is -2.72. The average Bonchev–Trinajstić information content (AvgIpc) is 2.97. The van der Waals surface area contributed by atoms with Crippen LogP contribution < -0.4 is 4.74 Å². The van der Waals surface area contributed by atoms with Crippen LogP contribution in [-0.4, -0.2) is 46.9 Å². The summed E-state index contributed by atoms with van der Waals surface area (Å²) in [6.07, 6.45) is 0.183. The largest absolute Gasteiger partial charge is 0.508 e. The van der Waals surface area contributed by atoms with Crippen molar-refractivity contribution >= 4 is 23.3 Å². The van der Waals surface area contributed by atoms with E-state index >= 15 is 0 Å². The summed E-state index contributed by atoms with van der Waals surface area (Å²) in [5, 5.41) is 15.0. The summed E-state index contributed by atoms with van der Waals surface area (Å²) in [5.41, 5.74) is 1.82. The zero-order chi connectivity index (χ0) is 21.9. The van der Waals surface area contributed by atoms with Gasteiger partial charge < -0.3 is 14.7 Å². The number of fused-ring (bicyclic) bond motifs is 1. The number of nitrogens with zero attached hydrogens (tertiary/aromatic N) is 3. The summed E-state index contributed by atoms with van der Waals surface area (Å²) in [6, 6.07) is 14.6. The molecule has 25 heavy (non-hydrogen) atoms. The number of aromatic hydroxyl groups is 1. The van der Waals surface area contributed by atoms with Gasteiger partial charge in [-0.05, 0) is 44.1 Å². The fourth-order valence-electron chi connectivity index (χ4n) is 2.51. The van der Waals surface area contributed by atoms with Gasteiger partial charge in [-0.15, -0.1) is 17.5 Å². The highest BCUT2D eigenvalue weighted by Gasteiger charge is 2.13. The van der Waals surface area contributed by atoms with E-state index in [-0.39, 0.29) is 37.7 Å². The molecule has 0 radical (unpaired) electrons. The Morgan fingerprint density at radius 3 is 2.76 bits per heavy atom. The van der Waals surface area contributed by atoms with E-state index in [1.54, 1.807) is 22.9 Å². The van der Waals surface area contributed by atoms with Crippen LogP contribution in [0.15, 0.2) is 48.5 Å². The van der Waals surface area contributed by atoms with Crippen molar-refractivity contribution in [1.29, 1.82) is 0 Å². The lowest BCUT2D eigenvalue weighted by molar-refractivity contribution is 0.273. The molecule has 0 saturated carbocycles. The molecule has 0 saturated heterocycles. The quantitative estimate of drug-likeness (QED) is 0.649. The van der Waals surface area contributed by atoms with Crippen molar-refractivity contribution in [2.24, 2.45) is 0 Å². The molecule has 1 heterocycles. The van der Waals surface area contributed by atoms with Gasteiger partial charge in [0, 0.05) is 14.8 Å². The molecule has 0 bridgehead atoms. The second-order valence-corrected chi connectivity index (χ2v) is 5.50.